The average Bonchev–Trinajstić information content (AvgIpc) is 2.91. The van der Waals surface area contributed by atoms with Crippen LogP contribution in [0.25, 0.3) is 0 Å². The summed E-state index contributed by atoms with van der Waals surface area (Å²) in [7, 11) is 1.61. The molecule has 1 rings (SSSR count). The number of ether oxygens (including phenoxy) is 1. The highest BCUT2D eigenvalue weighted by Gasteiger charge is 2.20. The van der Waals surface area contributed by atoms with Crippen LogP contribution in [0.5, 0.6) is 0 Å². The van der Waals surface area contributed by atoms with E-state index in [1.54, 1.807) is 7.11 Å². The highest BCUT2D eigenvalue weighted by Crippen LogP contribution is 2.32. The van der Waals surface area contributed by atoms with Gasteiger partial charge in [-0.2, -0.15) is 4.37 Å². The normalized spacial score (nSPS) is 10.5. The topological polar surface area (TPSA) is 106 Å². The summed E-state index contributed by atoms with van der Waals surface area (Å²) in [5.74, 6) is 0.298. The molecular formula is C14H24N4O3S2. The van der Waals surface area contributed by atoms with E-state index in [4.69, 9.17) is 10.5 Å². The number of methoxy groups -OCH3 is 1. The molecule has 23 heavy (non-hydrogen) atoms. The molecule has 1 heterocycles. The lowest BCUT2D eigenvalue weighted by Crippen LogP contribution is -2.30. The largest absolute Gasteiger partial charge is 0.385 e. The minimum absolute atomic E-state index is 0.295. The first-order valence-corrected chi connectivity index (χ1v) is 9.32. The molecule has 0 unspecified atom stereocenters. The molecule has 7 nitrogen and oxygen atoms in total. The molecule has 0 aromatic carbocycles. The lowest BCUT2D eigenvalue weighted by molar-refractivity contribution is 0.0998. The molecule has 0 radical (unpaired) electrons. The van der Waals surface area contributed by atoms with Crippen LogP contribution in [0.4, 0.5) is 9.80 Å². The van der Waals surface area contributed by atoms with Gasteiger partial charge in [-0.15, -0.1) is 11.8 Å². The number of carbonyl (C=O) groups excluding carboxylic acids is 2. The van der Waals surface area contributed by atoms with Crippen LogP contribution in [0.1, 0.15) is 43.0 Å². The Morgan fingerprint density at radius 1 is 1.35 bits per heavy atom. The summed E-state index contributed by atoms with van der Waals surface area (Å²) in [5.41, 5.74) is 5.73. The van der Waals surface area contributed by atoms with E-state index >= 15 is 0 Å². The van der Waals surface area contributed by atoms with Crippen LogP contribution < -0.4 is 16.4 Å². The first kappa shape index (κ1) is 19.7. The highest BCUT2D eigenvalue weighted by atomic mass is 32.2. The zero-order valence-corrected chi connectivity index (χ0v) is 15.1. The van der Waals surface area contributed by atoms with Gasteiger partial charge in [-0.3, -0.25) is 10.1 Å². The lowest BCUT2D eigenvalue weighted by Gasteiger charge is -2.07. The first-order chi connectivity index (χ1) is 11.1. The molecule has 3 amide bonds. The summed E-state index contributed by atoms with van der Waals surface area (Å²) in [5, 5.41) is 6.31. The Balaban J connectivity index is 2.59. The highest BCUT2D eigenvalue weighted by molar-refractivity contribution is 7.99. The fourth-order valence-corrected chi connectivity index (χ4v) is 3.73. The maximum Gasteiger partial charge on any atom is 0.319 e. The molecule has 4 N–H and O–H groups in total. The Morgan fingerprint density at radius 3 is 2.78 bits per heavy atom. The standard InChI is InChI=1S/C14H24N4O3S2/c1-3-4-5-9-22-13-10(11(15)19)12(23-18-13)17-14(20)16-7-6-8-21-2/h3-9H2,1-2H3,(H2,15,19)(H2,16,17,20). The van der Waals surface area contributed by atoms with Crippen molar-refractivity contribution in [1.29, 1.82) is 0 Å². The van der Waals surface area contributed by atoms with Crippen LogP contribution in [-0.2, 0) is 4.74 Å². The molecule has 0 aliphatic heterocycles. The Hall–Kier alpha value is -1.32. The van der Waals surface area contributed by atoms with Gasteiger partial charge in [-0.05, 0) is 30.1 Å². The van der Waals surface area contributed by atoms with Gasteiger partial charge in [0, 0.05) is 20.3 Å². The van der Waals surface area contributed by atoms with E-state index in [0.29, 0.717) is 35.2 Å². The molecular weight excluding hydrogens is 336 g/mol. The summed E-state index contributed by atoms with van der Waals surface area (Å²) >= 11 is 2.57. The number of thioether (sulfide) groups is 1. The Kier molecular flexibility index (Phi) is 9.65. The number of carbonyl (C=O) groups is 2. The van der Waals surface area contributed by atoms with Crippen LogP contribution in [0, 0.1) is 0 Å². The number of amides is 3. The smallest absolute Gasteiger partial charge is 0.319 e. The monoisotopic (exact) mass is 360 g/mol. The third kappa shape index (κ3) is 7.19. The summed E-state index contributed by atoms with van der Waals surface area (Å²) in [6.45, 7) is 3.20. The molecule has 0 aliphatic rings. The number of urea groups is 1. The second kappa shape index (κ2) is 11.3. The summed E-state index contributed by atoms with van der Waals surface area (Å²) in [6, 6.07) is -0.380. The SMILES string of the molecule is CCCCCSc1nsc(NC(=O)NCCCOC)c1C(N)=O. The van der Waals surface area contributed by atoms with E-state index in [-0.39, 0.29) is 6.03 Å². The Morgan fingerprint density at radius 2 is 2.13 bits per heavy atom. The molecule has 130 valence electrons. The third-order valence-electron chi connectivity index (χ3n) is 2.93. The van der Waals surface area contributed by atoms with Crippen LogP contribution >= 0.6 is 23.3 Å². The van der Waals surface area contributed by atoms with Crippen molar-refractivity contribution in [2.24, 2.45) is 5.73 Å². The van der Waals surface area contributed by atoms with Gasteiger partial charge in [0.15, 0.2) is 0 Å². The van der Waals surface area contributed by atoms with E-state index in [2.05, 4.69) is 21.9 Å². The molecule has 9 heteroatoms. The molecule has 1 aromatic heterocycles. The Labute approximate surface area is 144 Å². The van der Waals surface area contributed by atoms with E-state index in [0.717, 1.165) is 36.5 Å². The second-order valence-electron chi connectivity index (χ2n) is 4.84. The number of primary amides is 1. The van der Waals surface area contributed by atoms with E-state index in [1.807, 2.05) is 0 Å². The zero-order chi connectivity index (χ0) is 17.1. The van der Waals surface area contributed by atoms with Crippen molar-refractivity contribution in [1.82, 2.24) is 9.69 Å². The summed E-state index contributed by atoms with van der Waals surface area (Å²) < 4.78 is 9.15. The Bertz CT molecular complexity index is 508. The van der Waals surface area contributed by atoms with Crippen molar-refractivity contribution in [3.05, 3.63) is 5.56 Å². The van der Waals surface area contributed by atoms with Crippen molar-refractivity contribution in [2.75, 3.05) is 31.3 Å². The van der Waals surface area contributed by atoms with E-state index in [9.17, 15) is 9.59 Å². The van der Waals surface area contributed by atoms with Crippen LogP contribution in [0.2, 0.25) is 0 Å². The fourth-order valence-electron chi connectivity index (χ4n) is 1.76. The van der Waals surface area contributed by atoms with Crippen molar-refractivity contribution in [3.8, 4) is 0 Å². The zero-order valence-electron chi connectivity index (χ0n) is 13.5. The number of nitrogens with two attached hydrogens (primary N) is 1. The lowest BCUT2D eigenvalue weighted by atomic mass is 10.3. The quantitative estimate of drug-likeness (QED) is 0.415. The van der Waals surface area contributed by atoms with Gasteiger partial charge in [-0.1, -0.05) is 19.8 Å². The minimum atomic E-state index is -0.577. The number of hydrogen-bond acceptors (Lipinski definition) is 6. The molecule has 0 fully saturated rings. The average molecular weight is 361 g/mol. The fraction of sp³-hybridized carbons (Fsp3) is 0.643. The molecule has 0 saturated carbocycles. The number of unbranched alkanes of at least 4 members (excludes halogenated alkanes) is 2. The van der Waals surface area contributed by atoms with Crippen molar-refractivity contribution in [3.63, 3.8) is 0 Å². The molecule has 0 spiro atoms. The summed E-state index contributed by atoms with van der Waals surface area (Å²) in [6.07, 6.45) is 4.04. The number of hydrogen-bond donors (Lipinski definition) is 3. The maximum absolute atomic E-state index is 11.8. The van der Waals surface area contributed by atoms with E-state index < -0.39 is 5.91 Å². The molecule has 0 aliphatic carbocycles. The van der Waals surface area contributed by atoms with Gasteiger partial charge >= 0.3 is 6.03 Å². The van der Waals surface area contributed by atoms with Gasteiger partial charge in [0.05, 0.1) is 0 Å². The number of rotatable bonds is 11. The predicted molar refractivity (Wildman–Crippen MR) is 94.4 cm³/mol. The number of nitrogens with zero attached hydrogens (tertiary/aromatic N) is 1. The minimum Gasteiger partial charge on any atom is -0.385 e. The second-order valence-corrected chi connectivity index (χ2v) is 6.70. The van der Waals surface area contributed by atoms with E-state index in [1.165, 1.54) is 11.8 Å². The number of aromatic nitrogens is 1. The van der Waals surface area contributed by atoms with Gasteiger partial charge in [0.2, 0.25) is 0 Å². The van der Waals surface area contributed by atoms with Crippen LogP contribution in [0.3, 0.4) is 0 Å². The van der Waals surface area contributed by atoms with Crippen LogP contribution in [-0.4, -0.2) is 42.3 Å². The van der Waals surface area contributed by atoms with Crippen molar-refractivity contribution < 1.29 is 14.3 Å². The maximum atomic E-state index is 11.8. The van der Waals surface area contributed by atoms with Gasteiger partial charge in [-0.25, -0.2) is 4.79 Å². The van der Waals surface area contributed by atoms with Crippen molar-refractivity contribution in [2.45, 2.75) is 37.6 Å². The molecule has 0 atom stereocenters. The van der Waals surface area contributed by atoms with Gasteiger partial charge in [0.25, 0.3) is 5.91 Å². The summed E-state index contributed by atoms with van der Waals surface area (Å²) in [4.78, 5) is 23.5. The molecule has 0 bridgehead atoms. The molecule has 0 saturated heterocycles. The first-order valence-electron chi connectivity index (χ1n) is 7.56. The molecule has 1 aromatic rings. The number of anilines is 1. The predicted octanol–water partition coefficient (Wildman–Crippen LogP) is 2.68. The van der Waals surface area contributed by atoms with Crippen molar-refractivity contribution >= 4 is 40.2 Å². The number of nitrogens with one attached hydrogen (secondary N) is 2. The third-order valence-corrected chi connectivity index (χ3v) is 4.87. The van der Waals surface area contributed by atoms with Crippen LogP contribution in [0.15, 0.2) is 5.03 Å². The van der Waals surface area contributed by atoms with Gasteiger partial charge < -0.3 is 15.8 Å². The van der Waals surface area contributed by atoms with Gasteiger partial charge in [0.1, 0.15) is 15.6 Å².